The lowest BCUT2D eigenvalue weighted by Gasteiger charge is -2.12. The van der Waals surface area contributed by atoms with E-state index in [4.69, 9.17) is 17.3 Å². The highest BCUT2D eigenvalue weighted by Gasteiger charge is 2.13. The molecule has 0 amide bonds. The molecule has 1 heterocycles. The van der Waals surface area contributed by atoms with Crippen molar-refractivity contribution < 1.29 is 14.3 Å². The minimum atomic E-state index is -1.18. The Labute approximate surface area is 126 Å². The lowest BCUT2D eigenvalue weighted by atomic mass is 10.0. The van der Waals surface area contributed by atoms with Crippen LogP contribution in [0.4, 0.5) is 4.39 Å². The summed E-state index contributed by atoms with van der Waals surface area (Å²) in [7, 11) is 0. The van der Waals surface area contributed by atoms with E-state index in [0.29, 0.717) is 27.3 Å². The van der Waals surface area contributed by atoms with Gasteiger partial charge in [-0.25, -0.2) is 14.2 Å². The zero-order chi connectivity index (χ0) is 15.7. The molecular weight excluding hydrogens is 291 g/mol. The van der Waals surface area contributed by atoms with E-state index in [1.165, 1.54) is 12.1 Å². The summed E-state index contributed by atoms with van der Waals surface area (Å²) in [5.74, 6) is -0.975. The number of nitrogens with zero attached hydrogens (tertiary/aromatic N) is 1. The first-order valence-corrected chi connectivity index (χ1v) is 6.85. The number of hydrogen-bond acceptors (Lipinski definition) is 3. The van der Waals surface area contributed by atoms with Crippen molar-refractivity contribution >= 4 is 18.2 Å². The lowest BCUT2D eigenvalue weighted by molar-refractivity contribution is 0.0696. The first kappa shape index (κ1) is 15.3. The molecule has 2 aromatic rings. The molecule has 21 heavy (non-hydrogen) atoms. The molecule has 0 unspecified atom stereocenters. The average molecular weight is 306 g/mol. The Morgan fingerprint density at radius 3 is 2.62 bits per heavy atom. The summed E-state index contributed by atoms with van der Waals surface area (Å²) in [6, 6.07) is 3.69. The van der Waals surface area contributed by atoms with Gasteiger partial charge in [0.05, 0.1) is 11.3 Å². The van der Waals surface area contributed by atoms with Gasteiger partial charge in [-0.05, 0) is 25.1 Å². The molecule has 2 N–H and O–H groups in total. The van der Waals surface area contributed by atoms with Crippen LogP contribution in [0.3, 0.4) is 0 Å². The second kappa shape index (κ2) is 5.73. The van der Waals surface area contributed by atoms with Crippen molar-refractivity contribution in [3.63, 3.8) is 0 Å². The number of hydrogen-bond donors (Lipinski definition) is 2. The summed E-state index contributed by atoms with van der Waals surface area (Å²) in [5, 5.41) is 9.04. The van der Waals surface area contributed by atoms with Gasteiger partial charge in [-0.2, -0.15) is 0 Å². The Hall–Kier alpha value is -2.08. The molecule has 0 aliphatic rings. The number of aromatic amines is 1. The largest absolute Gasteiger partial charge is 0.478 e. The maximum absolute atomic E-state index is 13.6. The van der Waals surface area contributed by atoms with Crippen LogP contribution in [0.25, 0.3) is 11.3 Å². The molecular formula is C15H15FN2O2S. The molecule has 2 rings (SSSR count). The van der Waals surface area contributed by atoms with E-state index in [9.17, 15) is 9.18 Å². The number of halogens is 1. The fourth-order valence-corrected chi connectivity index (χ4v) is 2.17. The van der Waals surface area contributed by atoms with Crippen LogP contribution in [0.1, 0.15) is 41.5 Å². The minimum absolute atomic E-state index is 0.105. The SMILES string of the molecule is Cc1c(-c2cc(F)cc(C(=O)O)c2)[nH]c(C(C)C)nc1=S. The van der Waals surface area contributed by atoms with Crippen molar-refractivity contribution in [2.75, 3.05) is 0 Å². The average Bonchev–Trinajstić information content (AvgIpc) is 2.40. The Bertz CT molecular complexity index is 769. The van der Waals surface area contributed by atoms with Crippen LogP contribution >= 0.6 is 12.2 Å². The number of H-pyrrole nitrogens is 1. The monoisotopic (exact) mass is 306 g/mol. The fraction of sp³-hybridized carbons (Fsp3) is 0.267. The van der Waals surface area contributed by atoms with E-state index < -0.39 is 11.8 Å². The van der Waals surface area contributed by atoms with Crippen LogP contribution in [0.5, 0.6) is 0 Å². The number of rotatable bonds is 3. The van der Waals surface area contributed by atoms with Crippen LogP contribution in [-0.2, 0) is 0 Å². The van der Waals surface area contributed by atoms with Gasteiger partial charge in [0, 0.05) is 17.0 Å². The van der Waals surface area contributed by atoms with E-state index in [0.717, 1.165) is 6.07 Å². The van der Waals surface area contributed by atoms with Gasteiger partial charge in [-0.15, -0.1) is 0 Å². The molecule has 0 fully saturated rings. The summed E-state index contributed by atoms with van der Waals surface area (Å²) in [6.45, 7) is 5.69. The predicted octanol–water partition coefficient (Wildman–Crippen LogP) is 4.08. The molecule has 0 atom stereocenters. The smallest absolute Gasteiger partial charge is 0.335 e. The molecule has 0 spiro atoms. The number of carboxylic acid groups (broad SMARTS) is 1. The molecule has 0 aliphatic heterocycles. The molecule has 110 valence electrons. The maximum atomic E-state index is 13.6. The quantitative estimate of drug-likeness (QED) is 0.839. The van der Waals surface area contributed by atoms with E-state index in [-0.39, 0.29) is 11.5 Å². The van der Waals surface area contributed by atoms with Gasteiger partial charge < -0.3 is 10.1 Å². The van der Waals surface area contributed by atoms with Crippen molar-refractivity contribution in [2.45, 2.75) is 26.7 Å². The molecule has 0 saturated carbocycles. The van der Waals surface area contributed by atoms with Crippen LogP contribution in [-0.4, -0.2) is 21.0 Å². The van der Waals surface area contributed by atoms with Crippen LogP contribution in [0.15, 0.2) is 18.2 Å². The second-order valence-corrected chi connectivity index (χ2v) is 5.50. The molecule has 0 saturated heterocycles. The van der Waals surface area contributed by atoms with E-state index in [1.807, 2.05) is 13.8 Å². The summed E-state index contributed by atoms with van der Waals surface area (Å²) in [6.07, 6.45) is 0. The van der Waals surface area contributed by atoms with E-state index in [2.05, 4.69) is 9.97 Å². The minimum Gasteiger partial charge on any atom is -0.478 e. The molecule has 0 bridgehead atoms. The van der Waals surface area contributed by atoms with Crippen LogP contribution in [0.2, 0.25) is 0 Å². The van der Waals surface area contributed by atoms with Gasteiger partial charge in [0.2, 0.25) is 0 Å². The van der Waals surface area contributed by atoms with Gasteiger partial charge in [0.25, 0.3) is 0 Å². The van der Waals surface area contributed by atoms with Crippen molar-refractivity contribution in [3.8, 4) is 11.3 Å². The van der Waals surface area contributed by atoms with Gasteiger partial charge in [0.1, 0.15) is 16.3 Å². The van der Waals surface area contributed by atoms with E-state index in [1.54, 1.807) is 6.92 Å². The number of aromatic carboxylic acids is 1. The number of carboxylic acids is 1. The van der Waals surface area contributed by atoms with E-state index >= 15 is 0 Å². The fourth-order valence-electron chi connectivity index (χ4n) is 1.97. The summed E-state index contributed by atoms with van der Waals surface area (Å²) >= 11 is 5.22. The number of aromatic nitrogens is 2. The Balaban J connectivity index is 2.72. The summed E-state index contributed by atoms with van der Waals surface area (Å²) < 4.78 is 14.1. The third kappa shape index (κ3) is 3.16. The van der Waals surface area contributed by atoms with Crippen LogP contribution < -0.4 is 0 Å². The van der Waals surface area contributed by atoms with Crippen LogP contribution in [0, 0.1) is 17.4 Å². The van der Waals surface area contributed by atoms with Gasteiger partial charge >= 0.3 is 5.97 Å². The number of benzene rings is 1. The van der Waals surface area contributed by atoms with Crippen molar-refractivity contribution in [1.82, 2.24) is 9.97 Å². The number of carbonyl (C=O) groups is 1. The molecule has 1 aromatic carbocycles. The molecule has 0 aliphatic carbocycles. The predicted molar refractivity (Wildman–Crippen MR) is 80.6 cm³/mol. The third-order valence-electron chi connectivity index (χ3n) is 3.15. The van der Waals surface area contributed by atoms with Crippen molar-refractivity contribution in [1.29, 1.82) is 0 Å². The molecule has 0 radical (unpaired) electrons. The van der Waals surface area contributed by atoms with Gasteiger partial charge in [-0.1, -0.05) is 26.1 Å². The third-order valence-corrected chi connectivity index (χ3v) is 3.55. The Morgan fingerprint density at radius 1 is 1.38 bits per heavy atom. The van der Waals surface area contributed by atoms with Gasteiger partial charge in [0.15, 0.2) is 0 Å². The molecule has 1 aromatic heterocycles. The first-order valence-electron chi connectivity index (χ1n) is 6.44. The lowest BCUT2D eigenvalue weighted by Crippen LogP contribution is -2.04. The standard InChI is InChI=1S/C15H15FN2O2S/c1-7(2)13-17-12(8(3)14(21)18-13)9-4-10(15(19)20)6-11(16)5-9/h4-7H,1-3H3,(H,19,20)(H,17,18,21). The topological polar surface area (TPSA) is 66.0 Å². The summed E-state index contributed by atoms with van der Waals surface area (Å²) in [5.41, 5.74) is 1.63. The van der Waals surface area contributed by atoms with Crippen molar-refractivity contribution in [2.24, 2.45) is 0 Å². The highest BCUT2D eigenvalue weighted by molar-refractivity contribution is 7.71. The van der Waals surface area contributed by atoms with Crippen molar-refractivity contribution in [3.05, 3.63) is 45.6 Å². The highest BCUT2D eigenvalue weighted by Crippen LogP contribution is 2.25. The molecule has 4 nitrogen and oxygen atoms in total. The second-order valence-electron chi connectivity index (χ2n) is 5.12. The Morgan fingerprint density at radius 2 is 2.05 bits per heavy atom. The maximum Gasteiger partial charge on any atom is 0.335 e. The van der Waals surface area contributed by atoms with Gasteiger partial charge in [-0.3, -0.25) is 0 Å². The normalized spacial score (nSPS) is 10.9. The number of nitrogens with one attached hydrogen (secondary N) is 1. The molecule has 6 heteroatoms. The first-order chi connectivity index (χ1) is 9.79. The highest BCUT2D eigenvalue weighted by atomic mass is 32.1. The summed E-state index contributed by atoms with van der Waals surface area (Å²) in [4.78, 5) is 18.5. The zero-order valence-corrected chi connectivity index (χ0v) is 12.7. The Kier molecular flexibility index (Phi) is 4.18. The zero-order valence-electron chi connectivity index (χ0n) is 11.9.